The summed E-state index contributed by atoms with van der Waals surface area (Å²) in [6, 6.07) is 56.7. The quantitative estimate of drug-likeness (QED) is 0.165. The van der Waals surface area contributed by atoms with Gasteiger partial charge in [-0.2, -0.15) is 0 Å². The van der Waals surface area contributed by atoms with Gasteiger partial charge < -0.3 is 14.1 Å². The minimum atomic E-state index is -0.234. The molecule has 14 rings (SSSR count). The Bertz CT molecular complexity index is 4020. The SMILES string of the molecule is CC(C)(C)c1ccc(N2B3c4cc5sccc5cc4N(c4ccc(C(C)(C)C)cc4-c4ccccc4)c4cc5c(oc6ccccc65)c(c43)-c3cc4c(cc32)C(C)(C)c2cc3c(cc2-4)C(C)(C)CCC3(C)C)cc1. The summed E-state index contributed by atoms with van der Waals surface area (Å²) in [6.45, 7) is 28.6. The van der Waals surface area contributed by atoms with Crippen molar-refractivity contribution in [2.45, 2.75) is 123 Å². The maximum atomic E-state index is 7.33. The first kappa shape index (κ1) is 45.8. The molecule has 2 aliphatic heterocycles. The number of fused-ring (bicyclic) bond motifs is 13. The van der Waals surface area contributed by atoms with Crippen molar-refractivity contribution in [2.24, 2.45) is 0 Å². The van der Waals surface area contributed by atoms with Crippen molar-refractivity contribution in [3.05, 3.63) is 184 Å². The van der Waals surface area contributed by atoms with Gasteiger partial charge in [0.1, 0.15) is 11.2 Å². The van der Waals surface area contributed by atoms with Gasteiger partial charge in [-0.15, -0.1) is 11.3 Å². The van der Waals surface area contributed by atoms with Crippen LogP contribution in [-0.2, 0) is 27.1 Å². The zero-order valence-corrected chi connectivity index (χ0v) is 46.0. The molecule has 0 N–H and O–H groups in total. The van der Waals surface area contributed by atoms with Crippen molar-refractivity contribution < 1.29 is 4.42 Å². The molecular weight excluding hydrogens is 916 g/mol. The first-order valence-corrected chi connectivity index (χ1v) is 27.8. The Balaban J connectivity index is 1.15. The van der Waals surface area contributed by atoms with E-state index in [9.17, 15) is 0 Å². The van der Waals surface area contributed by atoms with Gasteiger partial charge in [-0.05, 0) is 179 Å². The highest BCUT2D eigenvalue weighted by atomic mass is 32.1. The third-order valence-corrected chi connectivity index (χ3v) is 19.0. The second kappa shape index (κ2) is 15.2. The highest BCUT2D eigenvalue weighted by molar-refractivity contribution is 7.17. The molecule has 4 aliphatic rings. The lowest BCUT2D eigenvalue weighted by Gasteiger charge is -2.46. The van der Waals surface area contributed by atoms with Crippen LogP contribution in [0, 0.1) is 0 Å². The van der Waals surface area contributed by atoms with Crippen LogP contribution in [0.3, 0.4) is 0 Å². The van der Waals surface area contributed by atoms with Crippen LogP contribution in [-0.4, -0.2) is 6.85 Å². The number of furan rings is 1. The highest BCUT2D eigenvalue weighted by Gasteiger charge is 2.50. The van der Waals surface area contributed by atoms with Gasteiger partial charge in [0.05, 0.1) is 5.69 Å². The van der Waals surface area contributed by atoms with Crippen LogP contribution >= 0.6 is 11.3 Å². The van der Waals surface area contributed by atoms with E-state index >= 15 is 0 Å². The standard InChI is InChI=1S/C69H65BN2OS/c1-65(2,3)42-22-25-44(26-23-42)72-57-38-52-47(48-35-53-54(37-51(48)69(52,11)12)68(9,10)30-29-67(53,7)8)34-50(57)62-63-59(36-49-45-20-16-17-21-60(45)73-64(49)62)71(58-32-41-28-31-74-61(41)39-55(58)70(63)72)56-27-24-43(66(4,5)6)33-46(56)40-18-14-13-15-19-40/h13-28,31-39H,29-30H2,1-12H3. The molecule has 4 heterocycles. The predicted molar refractivity (Wildman–Crippen MR) is 319 cm³/mol. The summed E-state index contributed by atoms with van der Waals surface area (Å²) in [5.74, 6) is 0. The summed E-state index contributed by atoms with van der Waals surface area (Å²) in [5.41, 5.74) is 26.3. The van der Waals surface area contributed by atoms with E-state index in [0.717, 1.165) is 21.9 Å². The van der Waals surface area contributed by atoms with Gasteiger partial charge in [-0.25, -0.2) is 0 Å². The summed E-state index contributed by atoms with van der Waals surface area (Å²) >= 11 is 1.83. The average molecular weight is 981 g/mol. The molecule has 0 amide bonds. The molecule has 8 aromatic carbocycles. The Morgan fingerprint density at radius 1 is 0.527 bits per heavy atom. The molecule has 0 bridgehead atoms. The average Bonchev–Trinajstić information content (AvgIpc) is 4.05. The fourth-order valence-corrected chi connectivity index (χ4v) is 14.5. The lowest BCUT2D eigenvalue weighted by atomic mass is 9.43. The fraction of sp³-hybridized carbons (Fsp3) is 0.275. The third-order valence-electron chi connectivity index (χ3n) is 18.1. The summed E-state index contributed by atoms with van der Waals surface area (Å²) in [5, 5.41) is 5.79. The molecule has 5 heteroatoms. The summed E-state index contributed by atoms with van der Waals surface area (Å²) in [6.07, 6.45) is 2.37. The van der Waals surface area contributed by atoms with E-state index < -0.39 is 0 Å². The summed E-state index contributed by atoms with van der Waals surface area (Å²) < 4.78 is 8.62. The number of rotatable bonds is 3. The highest BCUT2D eigenvalue weighted by Crippen LogP contribution is 2.59. The van der Waals surface area contributed by atoms with Crippen molar-refractivity contribution in [3.63, 3.8) is 0 Å². The van der Waals surface area contributed by atoms with Crippen molar-refractivity contribution in [3.8, 4) is 33.4 Å². The molecule has 10 aromatic rings. The molecular formula is C69H65BN2OS. The van der Waals surface area contributed by atoms with Gasteiger partial charge in [0.15, 0.2) is 0 Å². The zero-order valence-electron chi connectivity index (χ0n) is 45.1. The number of hydrogen-bond acceptors (Lipinski definition) is 4. The van der Waals surface area contributed by atoms with Gasteiger partial charge in [0.2, 0.25) is 0 Å². The van der Waals surface area contributed by atoms with Gasteiger partial charge in [0, 0.05) is 60.3 Å². The normalized spacial score (nSPS) is 16.8. The van der Waals surface area contributed by atoms with Crippen molar-refractivity contribution in [2.75, 3.05) is 9.71 Å². The largest absolute Gasteiger partial charge is 0.455 e. The van der Waals surface area contributed by atoms with Crippen molar-refractivity contribution in [1.29, 1.82) is 0 Å². The zero-order chi connectivity index (χ0) is 51.2. The van der Waals surface area contributed by atoms with Gasteiger partial charge in [0.25, 0.3) is 0 Å². The molecule has 3 nitrogen and oxygen atoms in total. The number of benzene rings is 8. The molecule has 2 aromatic heterocycles. The minimum absolute atomic E-state index is 0.00559. The molecule has 74 heavy (non-hydrogen) atoms. The maximum absolute atomic E-state index is 7.33. The second-order valence-corrected chi connectivity index (χ2v) is 27.0. The smallest absolute Gasteiger partial charge is 0.333 e. The number of hydrogen-bond donors (Lipinski definition) is 0. The van der Waals surface area contributed by atoms with Crippen molar-refractivity contribution in [1.82, 2.24) is 0 Å². The van der Waals surface area contributed by atoms with Crippen LogP contribution in [0.5, 0.6) is 0 Å². The number of anilines is 5. The van der Waals surface area contributed by atoms with Gasteiger partial charge in [-0.3, -0.25) is 0 Å². The van der Waals surface area contributed by atoms with Crippen LogP contribution < -0.4 is 20.6 Å². The van der Waals surface area contributed by atoms with Crippen LogP contribution in [0.1, 0.15) is 129 Å². The van der Waals surface area contributed by atoms with Crippen LogP contribution in [0.4, 0.5) is 28.4 Å². The number of nitrogens with zero attached hydrogens (tertiary/aromatic N) is 2. The Labute approximate surface area is 442 Å². The fourth-order valence-electron chi connectivity index (χ4n) is 13.6. The molecule has 0 saturated heterocycles. The first-order valence-electron chi connectivity index (χ1n) is 27.0. The molecule has 0 spiro atoms. The summed E-state index contributed by atoms with van der Waals surface area (Å²) in [4.78, 5) is 5.35. The Hall–Kier alpha value is -6.82. The number of para-hydroxylation sites is 1. The third kappa shape index (κ3) is 6.44. The lowest BCUT2D eigenvalue weighted by Crippen LogP contribution is -2.61. The summed E-state index contributed by atoms with van der Waals surface area (Å²) in [7, 11) is 0. The Morgan fingerprint density at radius 2 is 1.19 bits per heavy atom. The molecule has 0 unspecified atom stereocenters. The van der Waals surface area contributed by atoms with Gasteiger partial charge in [-0.1, -0.05) is 156 Å². The molecule has 2 aliphatic carbocycles. The maximum Gasteiger partial charge on any atom is 0.333 e. The van der Waals surface area contributed by atoms with E-state index in [1.807, 2.05) is 11.3 Å². The van der Waals surface area contributed by atoms with E-state index in [-0.39, 0.29) is 33.9 Å². The predicted octanol–water partition coefficient (Wildman–Crippen LogP) is 18.4. The van der Waals surface area contributed by atoms with E-state index in [1.165, 1.54) is 129 Å². The minimum Gasteiger partial charge on any atom is -0.455 e. The second-order valence-electron chi connectivity index (χ2n) is 26.0. The lowest BCUT2D eigenvalue weighted by molar-refractivity contribution is 0.331. The van der Waals surface area contributed by atoms with Crippen LogP contribution in [0.2, 0.25) is 0 Å². The Kier molecular flexibility index (Phi) is 9.38. The molecule has 366 valence electrons. The molecule has 0 radical (unpaired) electrons. The van der Waals surface area contributed by atoms with Crippen molar-refractivity contribution >= 4 is 89.6 Å². The van der Waals surface area contributed by atoms with Crippen LogP contribution in [0.25, 0.3) is 65.4 Å². The molecule has 0 saturated carbocycles. The van der Waals surface area contributed by atoms with E-state index in [1.54, 1.807) is 0 Å². The topological polar surface area (TPSA) is 19.6 Å². The van der Waals surface area contributed by atoms with E-state index in [2.05, 4.69) is 244 Å². The van der Waals surface area contributed by atoms with Crippen LogP contribution in [0.15, 0.2) is 155 Å². The first-order chi connectivity index (χ1) is 35.2. The van der Waals surface area contributed by atoms with E-state index in [0.29, 0.717) is 0 Å². The Morgan fingerprint density at radius 3 is 1.92 bits per heavy atom. The monoisotopic (exact) mass is 980 g/mol. The van der Waals surface area contributed by atoms with Gasteiger partial charge >= 0.3 is 6.85 Å². The molecule has 0 fully saturated rings. The number of thiophene rings is 1. The molecule has 0 atom stereocenters. The van der Waals surface area contributed by atoms with E-state index in [4.69, 9.17) is 4.42 Å².